The highest BCUT2D eigenvalue weighted by atomic mass is 19.1. The maximum atomic E-state index is 14.2. The minimum absolute atomic E-state index is 0.0933. The predicted octanol–water partition coefficient (Wildman–Crippen LogP) is 3.10. The fourth-order valence-electron chi connectivity index (χ4n) is 3.90. The monoisotopic (exact) mass is 596 g/mol. The van der Waals surface area contributed by atoms with Gasteiger partial charge in [-0.3, -0.25) is 14.4 Å². The number of aromatic nitrogens is 1. The number of nitrogens with zero attached hydrogens (tertiary/aromatic N) is 2. The fourth-order valence-corrected chi connectivity index (χ4v) is 3.90. The molecule has 0 spiro atoms. The van der Waals surface area contributed by atoms with E-state index < -0.39 is 77.2 Å². The Morgan fingerprint density at radius 3 is 2.37 bits per heavy atom. The normalized spacial score (nSPS) is 12.0. The van der Waals surface area contributed by atoms with Gasteiger partial charge >= 0.3 is 6.09 Å². The van der Waals surface area contributed by atoms with Gasteiger partial charge in [-0.2, -0.15) is 0 Å². The maximum Gasteiger partial charge on any atom is 0.427 e. The zero-order valence-corrected chi connectivity index (χ0v) is 23.1. The lowest BCUT2D eigenvalue weighted by Crippen LogP contribution is -2.52. The van der Waals surface area contributed by atoms with E-state index in [1.54, 1.807) is 37.3 Å². The average molecular weight is 597 g/mol. The van der Waals surface area contributed by atoms with Crippen molar-refractivity contribution in [2.75, 3.05) is 11.6 Å². The van der Waals surface area contributed by atoms with Gasteiger partial charge in [0, 0.05) is 30.4 Å². The van der Waals surface area contributed by atoms with E-state index in [-0.39, 0.29) is 12.2 Å². The second-order valence-electron chi connectivity index (χ2n) is 9.20. The number of carbonyl (C=O) groups is 3. The quantitative estimate of drug-likeness (QED) is 0.222. The molecule has 3 amide bonds. The van der Waals surface area contributed by atoms with Gasteiger partial charge in [0.05, 0.1) is 12.6 Å². The third-order valence-corrected chi connectivity index (χ3v) is 6.20. The summed E-state index contributed by atoms with van der Waals surface area (Å²) in [5, 5.41) is 25.4. The van der Waals surface area contributed by atoms with E-state index in [0.717, 1.165) is 24.4 Å². The first-order valence-corrected chi connectivity index (χ1v) is 12.9. The van der Waals surface area contributed by atoms with Crippen LogP contribution < -0.4 is 25.8 Å². The van der Waals surface area contributed by atoms with Gasteiger partial charge < -0.3 is 25.6 Å². The lowest BCUT2D eigenvalue weighted by molar-refractivity contribution is 0.0917. The van der Waals surface area contributed by atoms with Gasteiger partial charge in [-0.05, 0) is 18.6 Å². The van der Waals surface area contributed by atoms with Crippen molar-refractivity contribution in [1.29, 1.82) is 0 Å². The number of hydrogen-bond donors (Lipinski definition) is 4. The predicted molar refractivity (Wildman–Crippen MR) is 153 cm³/mol. The molecular weight excluding hydrogens is 566 g/mol. The molecule has 3 aromatic rings. The van der Waals surface area contributed by atoms with E-state index in [9.17, 15) is 38.2 Å². The highest BCUT2D eigenvalue weighted by molar-refractivity contribution is 5.99. The number of carbonyl (C=O) groups excluding carboxylic acids is 2. The van der Waals surface area contributed by atoms with Gasteiger partial charge in [0.25, 0.3) is 11.8 Å². The zero-order chi connectivity index (χ0) is 31.7. The van der Waals surface area contributed by atoms with Crippen molar-refractivity contribution in [2.24, 2.45) is 0 Å². The van der Waals surface area contributed by atoms with Crippen LogP contribution in [0.1, 0.15) is 38.9 Å². The van der Waals surface area contributed by atoms with Crippen LogP contribution in [-0.2, 0) is 13.2 Å². The second kappa shape index (κ2) is 14.5. The van der Waals surface area contributed by atoms with E-state index in [1.807, 2.05) is 0 Å². The first-order chi connectivity index (χ1) is 20.5. The largest absolute Gasteiger partial charge is 0.482 e. The summed E-state index contributed by atoms with van der Waals surface area (Å²) in [5.74, 6) is -4.49. The molecule has 2 atom stereocenters. The third kappa shape index (κ3) is 7.71. The number of hydrogen-bond acceptors (Lipinski definition) is 6. The molecule has 0 aliphatic heterocycles. The number of benzene rings is 2. The molecule has 0 saturated carbocycles. The Hall–Kier alpha value is -5.30. The Labute approximate surface area is 245 Å². The lowest BCUT2D eigenvalue weighted by atomic mass is 10.1. The molecule has 43 heavy (non-hydrogen) atoms. The van der Waals surface area contributed by atoms with E-state index >= 15 is 0 Å². The third-order valence-electron chi connectivity index (χ3n) is 6.20. The number of aliphatic hydroxyl groups excluding tert-OH is 1. The molecule has 3 rings (SSSR count). The van der Waals surface area contributed by atoms with Crippen LogP contribution in [0.2, 0.25) is 0 Å². The Morgan fingerprint density at radius 2 is 1.79 bits per heavy atom. The topological polar surface area (TPSA) is 150 Å². The van der Waals surface area contributed by atoms with Crippen LogP contribution in [0.5, 0.6) is 5.75 Å². The van der Waals surface area contributed by atoms with Gasteiger partial charge in [-0.25, -0.2) is 23.3 Å². The number of ether oxygens (including phenoxy) is 1. The molecule has 2 aromatic carbocycles. The van der Waals surface area contributed by atoms with E-state index in [0.29, 0.717) is 21.3 Å². The molecule has 0 fully saturated rings. The van der Waals surface area contributed by atoms with E-state index in [2.05, 4.69) is 23.8 Å². The molecule has 0 aliphatic carbocycles. The van der Waals surface area contributed by atoms with Crippen molar-refractivity contribution in [3.05, 3.63) is 124 Å². The van der Waals surface area contributed by atoms with Crippen LogP contribution in [0.4, 0.5) is 13.6 Å². The summed E-state index contributed by atoms with van der Waals surface area (Å²) < 4.78 is 34.0. The van der Waals surface area contributed by atoms with Gasteiger partial charge in [-0.1, -0.05) is 48.6 Å². The summed E-state index contributed by atoms with van der Waals surface area (Å²) in [6.07, 6.45) is 1.59. The molecule has 11 nitrogen and oxygen atoms in total. The molecule has 1 aromatic heterocycles. The molecular formula is C30H30F2N4O7. The summed E-state index contributed by atoms with van der Waals surface area (Å²) in [6, 6.07) is 9.24. The highest BCUT2D eigenvalue weighted by Crippen LogP contribution is 2.20. The Bertz CT molecular complexity index is 1580. The van der Waals surface area contributed by atoms with Gasteiger partial charge in [0.2, 0.25) is 5.43 Å². The summed E-state index contributed by atoms with van der Waals surface area (Å²) in [4.78, 5) is 53.0. The smallest absolute Gasteiger partial charge is 0.427 e. The van der Waals surface area contributed by atoms with Crippen molar-refractivity contribution < 1.29 is 38.1 Å². The van der Waals surface area contributed by atoms with Crippen molar-refractivity contribution >= 4 is 17.9 Å². The highest BCUT2D eigenvalue weighted by Gasteiger charge is 2.33. The molecule has 0 aliphatic rings. The van der Waals surface area contributed by atoms with Gasteiger partial charge in [0.1, 0.15) is 23.8 Å². The lowest BCUT2D eigenvalue weighted by Gasteiger charge is -2.31. The summed E-state index contributed by atoms with van der Waals surface area (Å²) in [6.45, 7) is 7.19. The number of carboxylic acid groups (broad SMARTS) is 1. The maximum absolute atomic E-state index is 14.2. The first-order valence-electron chi connectivity index (χ1n) is 12.9. The summed E-state index contributed by atoms with van der Waals surface area (Å²) >= 11 is 0. The van der Waals surface area contributed by atoms with Crippen LogP contribution in [-0.4, -0.2) is 51.5 Å². The van der Waals surface area contributed by atoms with Crippen LogP contribution in [0.3, 0.4) is 0 Å². The molecule has 1 heterocycles. The summed E-state index contributed by atoms with van der Waals surface area (Å²) in [7, 11) is 0. The SMILES string of the molecule is C=CC(C)NC(=O)c1c(OCc2ccccc2)c(=O)c(C(=O)NCc2ccc(F)cc2F)cn1N(C(=O)O)C(C=C)CO. The number of halogens is 2. The van der Waals surface area contributed by atoms with Crippen molar-refractivity contribution in [2.45, 2.75) is 32.2 Å². The molecule has 2 unspecified atom stereocenters. The zero-order valence-electron chi connectivity index (χ0n) is 23.1. The van der Waals surface area contributed by atoms with Crippen LogP contribution >= 0.6 is 0 Å². The van der Waals surface area contributed by atoms with Crippen LogP contribution in [0.15, 0.2) is 84.8 Å². The van der Waals surface area contributed by atoms with Crippen LogP contribution in [0, 0.1) is 11.6 Å². The number of rotatable bonds is 13. The first kappa shape index (κ1) is 32.2. The Kier molecular flexibility index (Phi) is 10.9. The minimum Gasteiger partial charge on any atom is -0.482 e. The van der Waals surface area contributed by atoms with Crippen LogP contribution in [0.25, 0.3) is 0 Å². The minimum atomic E-state index is -1.68. The molecule has 226 valence electrons. The number of pyridine rings is 1. The molecule has 0 bridgehead atoms. The number of nitrogens with one attached hydrogen (secondary N) is 2. The number of aliphatic hydroxyl groups is 1. The van der Waals surface area contributed by atoms with Gasteiger partial charge in [-0.15, -0.1) is 13.2 Å². The number of amides is 3. The second-order valence-corrected chi connectivity index (χ2v) is 9.20. The van der Waals surface area contributed by atoms with Crippen molar-refractivity contribution in [3.63, 3.8) is 0 Å². The molecule has 0 saturated heterocycles. The Morgan fingerprint density at radius 1 is 1.09 bits per heavy atom. The van der Waals surface area contributed by atoms with E-state index in [4.69, 9.17) is 4.74 Å². The van der Waals surface area contributed by atoms with Gasteiger partial charge in [0.15, 0.2) is 11.4 Å². The standard InChI is InChI=1S/C30H30F2N4O7/c1-4-18(3)34-29(40)25-27(43-17-19-9-7-6-8-10-19)26(38)23(15-35(25)36(30(41)42)22(5-2)16-37)28(39)33-14-20-11-12-21(31)13-24(20)32/h4-13,15,18,22,37H,1-2,14,16-17H2,3H3,(H,33,39)(H,34,40)(H,41,42). The fraction of sp³-hybridized carbons (Fsp3) is 0.200. The van der Waals surface area contributed by atoms with E-state index in [1.165, 1.54) is 6.08 Å². The Balaban J connectivity index is 2.24. The molecule has 4 N–H and O–H groups in total. The molecule has 0 radical (unpaired) electrons. The van der Waals surface area contributed by atoms with Crippen molar-refractivity contribution in [3.8, 4) is 5.75 Å². The average Bonchev–Trinajstić information content (AvgIpc) is 2.98. The van der Waals surface area contributed by atoms with Crippen molar-refractivity contribution in [1.82, 2.24) is 15.3 Å². The summed E-state index contributed by atoms with van der Waals surface area (Å²) in [5.41, 5.74) is -1.87. The molecule has 13 heteroatoms.